The minimum atomic E-state index is -0.203. The summed E-state index contributed by atoms with van der Waals surface area (Å²) in [6, 6.07) is 3.90. The molecule has 0 atom stereocenters. The van der Waals surface area contributed by atoms with Crippen molar-refractivity contribution in [1.82, 2.24) is 15.1 Å². The van der Waals surface area contributed by atoms with Crippen molar-refractivity contribution in [1.29, 1.82) is 0 Å². The van der Waals surface area contributed by atoms with E-state index in [1.54, 1.807) is 11.3 Å². The molecule has 0 aliphatic carbocycles. The lowest BCUT2D eigenvalue weighted by Crippen LogP contribution is -2.49. The maximum Gasteiger partial charge on any atom is 0.257 e. The molecule has 17 heavy (non-hydrogen) atoms. The molecule has 0 radical (unpaired) electrons. The summed E-state index contributed by atoms with van der Waals surface area (Å²) >= 11 is 4.96. The molecule has 0 amide bonds. The van der Waals surface area contributed by atoms with Crippen LogP contribution in [0.2, 0.25) is 0 Å². The number of aliphatic hydroxyl groups is 1. The van der Waals surface area contributed by atoms with Gasteiger partial charge >= 0.3 is 0 Å². The molecule has 1 aliphatic heterocycles. The molecule has 2 aromatic rings. The Bertz CT molecular complexity index is 521. The SMILES string of the molecule is OC1CN(Cc2nnc(-c3ccc(Br)s3)o2)C1. The molecular weight excluding hydrogens is 306 g/mol. The second-order valence-corrected chi connectivity index (χ2v) is 6.42. The number of β-amino-alcohol motifs (C(OH)–C–C–N with tert-alkyl or cyclic N) is 1. The van der Waals surface area contributed by atoms with Crippen molar-refractivity contribution in [2.75, 3.05) is 13.1 Å². The van der Waals surface area contributed by atoms with Gasteiger partial charge in [-0.1, -0.05) is 0 Å². The Morgan fingerprint density at radius 1 is 1.47 bits per heavy atom. The summed E-state index contributed by atoms with van der Waals surface area (Å²) in [7, 11) is 0. The van der Waals surface area contributed by atoms with Crippen molar-refractivity contribution in [3.8, 4) is 10.8 Å². The Kier molecular flexibility index (Phi) is 2.99. The predicted molar refractivity (Wildman–Crippen MR) is 66.6 cm³/mol. The monoisotopic (exact) mass is 315 g/mol. The van der Waals surface area contributed by atoms with Crippen molar-refractivity contribution in [3.05, 3.63) is 21.8 Å². The van der Waals surface area contributed by atoms with Crippen molar-refractivity contribution in [3.63, 3.8) is 0 Å². The van der Waals surface area contributed by atoms with Crippen LogP contribution in [0.3, 0.4) is 0 Å². The fraction of sp³-hybridized carbons (Fsp3) is 0.400. The van der Waals surface area contributed by atoms with Gasteiger partial charge in [-0.15, -0.1) is 21.5 Å². The van der Waals surface area contributed by atoms with Crippen LogP contribution in [0.5, 0.6) is 0 Å². The Labute approximate surface area is 110 Å². The first-order valence-electron chi connectivity index (χ1n) is 5.19. The number of rotatable bonds is 3. The topological polar surface area (TPSA) is 62.4 Å². The maximum absolute atomic E-state index is 9.17. The molecule has 1 fully saturated rings. The third-order valence-corrected chi connectivity index (χ3v) is 4.16. The first-order chi connectivity index (χ1) is 8.20. The van der Waals surface area contributed by atoms with E-state index in [0.29, 0.717) is 31.4 Å². The third kappa shape index (κ3) is 2.42. The average molecular weight is 316 g/mol. The fourth-order valence-electron chi connectivity index (χ4n) is 1.71. The van der Waals surface area contributed by atoms with E-state index in [4.69, 9.17) is 4.42 Å². The second-order valence-electron chi connectivity index (χ2n) is 3.95. The molecule has 1 N–H and O–H groups in total. The van der Waals surface area contributed by atoms with Crippen LogP contribution < -0.4 is 0 Å². The summed E-state index contributed by atoms with van der Waals surface area (Å²) in [4.78, 5) is 3.02. The summed E-state index contributed by atoms with van der Waals surface area (Å²) in [5.74, 6) is 1.15. The molecule has 7 heteroatoms. The van der Waals surface area contributed by atoms with Crippen LogP contribution in [0.1, 0.15) is 5.89 Å². The molecule has 0 bridgehead atoms. The van der Waals surface area contributed by atoms with Crippen molar-refractivity contribution in [2.24, 2.45) is 0 Å². The molecule has 0 unspecified atom stereocenters. The molecule has 0 saturated carbocycles. The van der Waals surface area contributed by atoms with Gasteiger partial charge in [0.05, 0.1) is 21.3 Å². The molecule has 0 aromatic carbocycles. The van der Waals surface area contributed by atoms with Gasteiger partial charge in [0.15, 0.2) is 0 Å². The van der Waals surface area contributed by atoms with Gasteiger partial charge in [0, 0.05) is 13.1 Å². The van der Waals surface area contributed by atoms with Crippen molar-refractivity contribution in [2.45, 2.75) is 12.6 Å². The van der Waals surface area contributed by atoms with Gasteiger partial charge in [0.25, 0.3) is 5.89 Å². The quantitative estimate of drug-likeness (QED) is 0.934. The van der Waals surface area contributed by atoms with E-state index in [1.165, 1.54) is 0 Å². The summed E-state index contributed by atoms with van der Waals surface area (Å²) in [6.07, 6.45) is -0.203. The number of likely N-dealkylation sites (tertiary alicyclic amines) is 1. The van der Waals surface area contributed by atoms with Crippen LogP contribution in [-0.2, 0) is 6.54 Å². The standard InChI is InChI=1S/C10H10BrN3O2S/c11-8-2-1-7(17-8)10-13-12-9(16-10)5-14-3-6(15)4-14/h1-2,6,15H,3-5H2. The summed E-state index contributed by atoms with van der Waals surface area (Å²) in [5.41, 5.74) is 0. The molecule has 0 spiro atoms. The zero-order valence-electron chi connectivity index (χ0n) is 8.84. The summed E-state index contributed by atoms with van der Waals surface area (Å²) < 4.78 is 6.61. The third-order valence-electron chi connectivity index (χ3n) is 2.55. The Morgan fingerprint density at radius 3 is 2.94 bits per heavy atom. The number of thiophene rings is 1. The highest BCUT2D eigenvalue weighted by Gasteiger charge is 2.26. The molecule has 90 valence electrons. The van der Waals surface area contributed by atoms with Crippen LogP contribution in [0.4, 0.5) is 0 Å². The Balaban J connectivity index is 1.70. The lowest BCUT2D eigenvalue weighted by atomic mass is 10.2. The van der Waals surface area contributed by atoms with Crippen LogP contribution in [0.15, 0.2) is 20.3 Å². The number of hydrogen-bond donors (Lipinski definition) is 1. The second kappa shape index (κ2) is 4.49. The number of aromatic nitrogens is 2. The predicted octanol–water partition coefficient (Wildman–Crippen LogP) is 1.74. The van der Waals surface area contributed by atoms with Crippen LogP contribution >= 0.6 is 27.3 Å². The number of nitrogens with zero attached hydrogens (tertiary/aromatic N) is 3. The van der Waals surface area contributed by atoms with E-state index in [9.17, 15) is 5.11 Å². The maximum atomic E-state index is 9.17. The first kappa shape index (κ1) is 11.3. The smallest absolute Gasteiger partial charge is 0.257 e. The van der Waals surface area contributed by atoms with E-state index in [2.05, 4.69) is 31.0 Å². The fourth-order valence-corrected chi connectivity index (χ4v) is 3.02. The Hall–Kier alpha value is -0.760. The largest absolute Gasteiger partial charge is 0.419 e. The van der Waals surface area contributed by atoms with E-state index in [0.717, 1.165) is 8.66 Å². The molecule has 1 saturated heterocycles. The highest BCUT2D eigenvalue weighted by atomic mass is 79.9. The van der Waals surface area contributed by atoms with Crippen molar-refractivity contribution >= 4 is 27.3 Å². The van der Waals surface area contributed by atoms with Crippen LogP contribution in [0.25, 0.3) is 10.8 Å². The van der Waals surface area contributed by atoms with E-state index in [-0.39, 0.29) is 6.10 Å². The van der Waals surface area contributed by atoms with Gasteiger partial charge in [0.1, 0.15) is 0 Å². The zero-order valence-corrected chi connectivity index (χ0v) is 11.2. The lowest BCUT2D eigenvalue weighted by molar-refractivity contribution is -0.00712. The van der Waals surface area contributed by atoms with Crippen LogP contribution in [-0.4, -0.2) is 39.4 Å². The highest BCUT2D eigenvalue weighted by molar-refractivity contribution is 9.11. The van der Waals surface area contributed by atoms with E-state index < -0.39 is 0 Å². The normalized spacial score (nSPS) is 17.3. The van der Waals surface area contributed by atoms with Gasteiger partial charge in [-0.3, -0.25) is 4.90 Å². The van der Waals surface area contributed by atoms with Crippen LogP contribution in [0, 0.1) is 0 Å². The average Bonchev–Trinajstić information content (AvgIpc) is 2.84. The zero-order chi connectivity index (χ0) is 11.8. The van der Waals surface area contributed by atoms with Gasteiger partial charge in [0.2, 0.25) is 5.89 Å². The van der Waals surface area contributed by atoms with E-state index >= 15 is 0 Å². The van der Waals surface area contributed by atoms with E-state index in [1.807, 2.05) is 12.1 Å². The molecular formula is C10H10BrN3O2S. The highest BCUT2D eigenvalue weighted by Crippen LogP contribution is 2.30. The van der Waals surface area contributed by atoms with Crippen molar-refractivity contribution < 1.29 is 9.52 Å². The molecule has 2 aromatic heterocycles. The minimum Gasteiger partial charge on any atom is -0.419 e. The number of aliphatic hydroxyl groups excluding tert-OH is 1. The molecule has 3 heterocycles. The van der Waals surface area contributed by atoms with Gasteiger partial charge < -0.3 is 9.52 Å². The van der Waals surface area contributed by atoms with Gasteiger partial charge in [-0.05, 0) is 28.1 Å². The first-order valence-corrected chi connectivity index (χ1v) is 6.80. The summed E-state index contributed by atoms with van der Waals surface area (Å²) in [6.45, 7) is 1.97. The Morgan fingerprint density at radius 2 is 2.29 bits per heavy atom. The minimum absolute atomic E-state index is 0.203. The molecule has 3 rings (SSSR count). The lowest BCUT2D eigenvalue weighted by Gasteiger charge is -2.34. The molecule has 5 nitrogen and oxygen atoms in total. The number of halogens is 1. The number of hydrogen-bond acceptors (Lipinski definition) is 6. The van der Waals surface area contributed by atoms with Gasteiger partial charge in [-0.25, -0.2) is 0 Å². The molecule has 1 aliphatic rings. The summed E-state index contributed by atoms with van der Waals surface area (Å²) in [5, 5.41) is 17.2. The van der Waals surface area contributed by atoms with Gasteiger partial charge in [-0.2, -0.15) is 0 Å².